The van der Waals surface area contributed by atoms with E-state index < -0.39 is 6.64 Å². The molecule has 0 amide bonds. The molecule has 0 aromatic carbocycles. The van der Waals surface area contributed by atoms with Crippen LogP contribution in [0.15, 0.2) is 0 Å². The molecule has 1 saturated heterocycles. The van der Waals surface area contributed by atoms with Crippen molar-refractivity contribution in [3.8, 4) is 0 Å². The van der Waals surface area contributed by atoms with Crippen molar-refractivity contribution >= 4 is 40.4 Å². The quantitative estimate of drug-likeness (QED) is 0.606. The molecular formula is C3H13P5. The Kier molecular flexibility index (Phi) is 3.13. The van der Waals surface area contributed by atoms with Gasteiger partial charge in [-0.15, -0.1) is 0 Å². The van der Waals surface area contributed by atoms with Crippen molar-refractivity contribution in [3.05, 3.63) is 0 Å². The summed E-state index contributed by atoms with van der Waals surface area (Å²) in [6, 6.07) is 0. The van der Waals surface area contributed by atoms with Gasteiger partial charge in [0.15, 0.2) is 0 Å². The molecule has 1 heterocycles. The number of hydrogen-bond donors (Lipinski definition) is 0. The minimum atomic E-state index is -0.523. The first-order valence-corrected chi connectivity index (χ1v) is 12.6. The topological polar surface area (TPSA) is 0 Å². The molecule has 0 aromatic rings. The van der Waals surface area contributed by atoms with Crippen molar-refractivity contribution in [1.29, 1.82) is 0 Å². The van der Waals surface area contributed by atoms with Crippen molar-refractivity contribution in [2.24, 2.45) is 0 Å². The SMILES string of the molecule is C[C@H]1C[PH]1(PP)PP. The predicted molar refractivity (Wildman–Crippen MR) is 58.7 cm³/mol. The van der Waals surface area contributed by atoms with Gasteiger partial charge in [-0.25, -0.2) is 0 Å². The van der Waals surface area contributed by atoms with Crippen LogP contribution in [0.25, 0.3) is 0 Å². The summed E-state index contributed by atoms with van der Waals surface area (Å²) >= 11 is 0. The van der Waals surface area contributed by atoms with E-state index in [-0.39, 0.29) is 0 Å². The third-order valence-corrected chi connectivity index (χ3v) is 29.8. The van der Waals surface area contributed by atoms with Gasteiger partial charge in [0.1, 0.15) is 0 Å². The summed E-state index contributed by atoms with van der Waals surface area (Å²) in [5.41, 5.74) is 1.15. The molecule has 0 nitrogen and oxygen atoms in total. The van der Waals surface area contributed by atoms with Crippen LogP contribution in [0.1, 0.15) is 6.92 Å². The van der Waals surface area contributed by atoms with Crippen LogP contribution < -0.4 is 0 Å². The van der Waals surface area contributed by atoms with Crippen molar-refractivity contribution in [3.63, 3.8) is 0 Å². The molecular weight excluding hydrogens is 191 g/mol. The van der Waals surface area contributed by atoms with E-state index in [2.05, 4.69) is 24.8 Å². The Balaban J connectivity index is 2.39. The Labute approximate surface area is 59.6 Å². The second-order valence-corrected chi connectivity index (χ2v) is 20.1. The van der Waals surface area contributed by atoms with Gasteiger partial charge in [-0.1, -0.05) is 0 Å². The molecule has 5 atom stereocenters. The molecule has 8 heavy (non-hydrogen) atoms. The summed E-state index contributed by atoms with van der Waals surface area (Å²) in [7, 11) is 8.32. The molecule has 4 unspecified atom stereocenters. The third kappa shape index (κ3) is 1.42. The maximum absolute atomic E-state index is 2.94. The fourth-order valence-electron chi connectivity index (χ4n) is 0.868. The Morgan fingerprint density at radius 1 is 1.50 bits per heavy atom. The van der Waals surface area contributed by atoms with E-state index in [4.69, 9.17) is 0 Å². The maximum atomic E-state index is 2.94. The zero-order valence-corrected chi connectivity index (χ0v) is 10.2. The van der Waals surface area contributed by atoms with Crippen LogP contribution in [0.3, 0.4) is 0 Å². The predicted octanol–water partition coefficient (Wildman–Crippen LogP) is 2.91. The molecule has 0 spiro atoms. The van der Waals surface area contributed by atoms with Gasteiger partial charge in [-0.3, -0.25) is 0 Å². The van der Waals surface area contributed by atoms with Gasteiger partial charge in [-0.2, -0.15) is 0 Å². The zero-order valence-electron chi connectivity index (χ0n) is 4.94. The average molecular weight is 204 g/mol. The summed E-state index contributed by atoms with van der Waals surface area (Å²) in [5.74, 6) is 0. The Morgan fingerprint density at radius 3 is 1.88 bits per heavy atom. The number of hydrogen-bond acceptors (Lipinski definition) is 0. The second-order valence-electron chi connectivity index (χ2n) is 2.37. The molecule has 0 radical (unpaired) electrons. The van der Waals surface area contributed by atoms with E-state index in [1.165, 1.54) is 15.9 Å². The summed E-state index contributed by atoms with van der Waals surface area (Å²) in [6.45, 7) is 1.89. The summed E-state index contributed by atoms with van der Waals surface area (Å²) in [6.07, 6.45) is 1.61. The molecule has 1 aliphatic rings. The van der Waals surface area contributed by atoms with Crippen LogP contribution in [0, 0.1) is 0 Å². The standard InChI is InChI=1S/C3H13P5/c1-3-2-8(3,6-4)7-5/h3,6-8H,2,4-5H2,1H3/t3-/m0/s1. The van der Waals surface area contributed by atoms with E-state index in [1.54, 1.807) is 6.16 Å². The van der Waals surface area contributed by atoms with E-state index in [0.29, 0.717) is 0 Å². The van der Waals surface area contributed by atoms with Crippen LogP contribution in [0.5, 0.6) is 0 Å². The molecule has 1 aliphatic heterocycles. The summed E-state index contributed by atoms with van der Waals surface area (Å²) < 4.78 is 0. The van der Waals surface area contributed by atoms with Gasteiger partial charge >= 0.3 is 59.2 Å². The molecule has 5 heteroatoms. The van der Waals surface area contributed by atoms with Crippen molar-refractivity contribution in [2.45, 2.75) is 12.6 Å². The molecule has 0 N–H and O–H groups in total. The first-order chi connectivity index (χ1) is 3.75. The van der Waals surface area contributed by atoms with Crippen LogP contribution in [-0.4, -0.2) is 11.8 Å². The number of rotatable bonds is 2. The molecule has 0 aromatic heterocycles. The molecule has 50 valence electrons. The van der Waals surface area contributed by atoms with Crippen molar-refractivity contribution in [2.75, 3.05) is 6.16 Å². The zero-order chi connectivity index (χ0) is 6.20. The van der Waals surface area contributed by atoms with Gasteiger partial charge in [-0.05, 0) is 0 Å². The summed E-state index contributed by atoms with van der Waals surface area (Å²) in [4.78, 5) is 0. The van der Waals surface area contributed by atoms with E-state index >= 15 is 0 Å². The van der Waals surface area contributed by atoms with Crippen molar-refractivity contribution < 1.29 is 0 Å². The fourth-order valence-corrected chi connectivity index (χ4v) is 25.9. The van der Waals surface area contributed by atoms with Crippen molar-refractivity contribution in [1.82, 2.24) is 0 Å². The molecule has 0 bridgehead atoms. The van der Waals surface area contributed by atoms with Crippen LogP contribution in [0.2, 0.25) is 0 Å². The second kappa shape index (κ2) is 3.04. The Bertz CT molecular complexity index is 82.2. The minimum absolute atomic E-state index is 0.523. The molecule has 0 saturated carbocycles. The van der Waals surface area contributed by atoms with E-state index in [1.807, 2.05) is 0 Å². The molecule has 1 rings (SSSR count). The van der Waals surface area contributed by atoms with E-state index in [0.717, 1.165) is 5.66 Å². The normalized spacial score (nSPS) is 39.6. The monoisotopic (exact) mass is 204 g/mol. The van der Waals surface area contributed by atoms with Crippen LogP contribution >= 0.6 is 40.4 Å². The van der Waals surface area contributed by atoms with Gasteiger partial charge < -0.3 is 0 Å². The Hall–Kier alpha value is 2.15. The van der Waals surface area contributed by atoms with Gasteiger partial charge in [0.05, 0.1) is 0 Å². The van der Waals surface area contributed by atoms with Crippen LogP contribution in [0.4, 0.5) is 0 Å². The van der Waals surface area contributed by atoms with Gasteiger partial charge in [0.25, 0.3) is 0 Å². The third-order valence-electron chi connectivity index (χ3n) is 1.82. The summed E-state index contributed by atoms with van der Waals surface area (Å²) in [5, 5.41) is 0. The van der Waals surface area contributed by atoms with Gasteiger partial charge in [0.2, 0.25) is 0 Å². The average Bonchev–Trinajstić information content (AvgIpc) is 2.43. The van der Waals surface area contributed by atoms with Gasteiger partial charge in [0, 0.05) is 0 Å². The fraction of sp³-hybridized carbons (Fsp3) is 1.00. The van der Waals surface area contributed by atoms with Crippen LogP contribution in [-0.2, 0) is 0 Å². The first kappa shape index (κ1) is 8.25. The molecule has 1 fully saturated rings. The molecule has 0 aliphatic carbocycles. The first-order valence-electron chi connectivity index (χ1n) is 2.71. The van der Waals surface area contributed by atoms with E-state index in [9.17, 15) is 0 Å². The Morgan fingerprint density at radius 2 is 1.88 bits per heavy atom.